The van der Waals surface area contributed by atoms with E-state index in [0.29, 0.717) is 10.6 Å². The minimum Gasteiger partial charge on any atom is -0.454 e. The van der Waals surface area contributed by atoms with Crippen molar-refractivity contribution in [2.45, 2.75) is 12.5 Å². The van der Waals surface area contributed by atoms with Crippen LogP contribution in [0.3, 0.4) is 0 Å². The maximum absolute atomic E-state index is 13.1. The Hall–Kier alpha value is -3.02. The number of halogens is 1. The number of benzene rings is 1. The molecule has 0 saturated carbocycles. The third-order valence-corrected chi connectivity index (χ3v) is 3.37. The second-order valence-electron chi connectivity index (χ2n) is 4.97. The summed E-state index contributed by atoms with van der Waals surface area (Å²) in [4.78, 5) is 15.6. The molecule has 1 aliphatic heterocycles. The van der Waals surface area contributed by atoms with Crippen LogP contribution in [0.5, 0.6) is 11.5 Å². The fourth-order valence-corrected chi connectivity index (χ4v) is 2.27. The highest BCUT2D eigenvalue weighted by molar-refractivity contribution is 5.97. The first-order valence-corrected chi connectivity index (χ1v) is 6.64. The van der Waals surface area contributed by atoms with Crippen molar-refractivity contribution in [2.75, 3.05) is 5.06 Å². The predicted octanol–water partition coefficient (Wildman–Crippen LogP) is 1.49. The van der Waals surface area contributed by atoms with Gasteiger partial charge < -0.3 is 10.5 Å². The molecule has 2 heterocycles. The van der Waals surface area contributed by atoms with Gasteiger partial charge in [-0.3, -0.25) is 10.0 Å². The fraction of sp³-hybridized carbons (Fsp3) is 0.133. The van der Waals surface area contributed by atoms with Crippen molar-refractivity contribution in [3.05, 3.63) is 47.4 Å². The molecule has 0 spiro atoms. The van der Waals surface area contributed by atoms with Crippen LogP contribution in [0.4, 0.5) is 10.2 Å². The standard InChI is InChI=1S/C15H11FN4O3/c16-10-1-2-13(9(3-10)6-17)23-11-4-8-5-12(18)15(21)20(22)14(8)19-7-11/h1-4,7,12,22H,5,18H2/t12-/m0/s1. The van der Waals surface area contributed by atoms with Crippen LogP contribution < -0.4 is 15.5 Å². The highest BCUT2D eigenvalue weighted by atomic mass is 19.1. The van der Waals surface area contributed by atoms with Crippen LogP contribution in [0.1, 0.15) is 11.1 Å². The number of fused-ring (bicyclic) bond motifs is 1. The Morgan fingerprint density at radius 1 is 1.48 bits per heavy atom. The molecule has 116 valence electrons. The lowest BCUT2D eigenvalue weighted by atomic mass is 10.0. The molecule has 3 rings (SSSR count). The quantitative estimate of drug-likeness (QED) is 0.812. The van der Waals surface area contributed by atoms with E-state index < -0.39 is 17.8 Å². The van der Waals surface area contributed by atoms with Crippen molar-refractivity contribution in [3.63, 3.8) is 0 Å². The number of nitrogens with two attached hydrogens (primary N) is 1. The van der Waals surface area contributed by atoms with E-state index in [1.54, 1.807) is 6.07 Å². The van der Waals surface area contributed by atoms with Crippen LogP contribution in [0.15, 0.2) is 30.5 Å². The molecule has 3 N–H and O–H groups in total. The number of pyridine rings is 1. The van der Waals surface area contributed by atoms with Gasteiger partial charge >= 0.3 is 0 Å². The molecule has 0 radical (unpaired) electrons. The van der Waals surface area contributed by atoms with Crippen molar-refractivity contribution >= 4 is 11.7 Å². The SMILES string of the molecule is N#Cc1cc(F)ccc1Oc1cnc2c(c1)C[C@H](N)C(=O)N2O. The van der Waals surface area contributed by atoms with Gasteiger partial charge in [-0.05, 0) is 24.3 Å². The second kappa shape index (κ2) is 5.64. The van der Waals surface area contributed by atoms with Crippen LogP contribution in [-0.2, 0) is 11.2 Å². The summed E-state index contributed by atoms with van der Waals surface area (Å²) in [5.74, 6) is -0.639. The molecule has 0 fully saturated rings. The zero-order chi connectivity index (χ0) is 16.6. The lowest BCUT2D eigenvalue weighted by Crippen LogP contribution is -2.47. The Balaban J connectivity index is 1.93. The fourth-order valence-electron chi connectivity index (χ4n) is 2.27. The van der Waals surface area contributed by atoms with Gasteiger partial charge in [-0.25, -0.2) is 9.37 Å². The zero-order valence-corrected chi connectivity index (χ0v) is 11.7. The van der Waals surface area contributed by atoms with Gasteiger partial charge in [0.1, 0.15) is 23.4 Å². The van der Waals surface area contributed by atoms with Gasteiger partial charge in [0, 0.05) is 12.0 Å². The van der Waals surface area contributed by atoms with Gasteiger partial charge in [-0.2, -0.15) is 10.3 Å². The van der Waals surface area contributed by atoms with E-state index in [1.807, 2.05) is 6.07 Å². The number of nitriles is 1. The number of amides is 1. The van der Waals surface area contributed by atoms with E-state index in [2.05, 4.69) is 4.98 Å². The molecular weight excluding hydrogens is 303 g/mol. The molecule has 1 aromatic heterocycles. The first-order chi connectivity index (χ1) is 11.0. The molecule has 1 aromatic carbocycles. The maximum atomic E-state index is 13.1. The van der Waals surface area contributed by atoms with Crippen LogP contribution in [-0.4, -0.2) is 22.1 Å². The Morgan fingerprint density at radius 3 is 3.00 bits per heavy atom. The van der Waals surface area contributed by atoms with Gasteiger partial charge in [0.15, 0.2) is 5.82 Å². The number of hydrogen-bond acceptors (Lipinski definition) is 6. The Kier molecular flexibility index (Phi) is 3.65. The summed E-state index contributed by atoms with van der Waals surface area (Å²) in [7, 11) is 0. The van der Waals surface area contributed by atoms with Crippen molar-refractivity contribution in [1.29, 1.82) is 5.26 Å². The van der Waals surface area contributed by atoms with Crippen LogP contribution in [0, 0.1) is 17.1 Å². The van der Waals surface area contributed by atoms with Gasteiger partial charge in [-0.15, -0.1) is 0 Å². The summed E-state index contributed by atoms with van der Waals surface area (Å²) < 4.78 is 18.7. The van der Waals surface area contributed by atoms with E-state index in [9.17, 15) is 14.4 Å². The predicted molar refractivity (Wildman–Crippen MR) is 76.4 cm³/mol. The van der Waals surface area contributed by atoms with Crippen LogP contribution >= 0.6 is 0 Å². The van der Waals surface area contributed by atoms with Gasteiger partial charge in [-0.1, -0.05) is 0 Å². The normalized spacial score (nSPS) is 16.7. The molecule has 1 atom stereocenters. The molecule has 8 heteroatoms. The summed E-state index contributed by atoms with van der Waals surface area (Å²) in [5.41, 5.74) is 6.21. The van der Waals surface area contributed by atoms with Crippen molar-refractivity contribution in [3.8, 4) is 17.6 Å². The lowest BCUT2D eigenvalue weighted by Gasteiger charge is -2.26. The van der Waals surface area contributed by atoms with Crippen molar-refractivity contribution in [1.82, 2.24) is 4.98 Å². The average Bonchev–Trinajstić information content (AvgIpc) is 2.54. The molecule has 0 unspecified atom stereocenters. The number of anilines is 1. The van der Waals surface area contributed by atoms with Crippen LogP contribution in [0.25, 0.3) is 0 Å². The largest absolute Gasteiger partial charge is 0.454 e. The number of hydroxylamine groups is 1. The first kappa shape index (κ1) is 14.9. The Morgan fingerprint density at radius 2 is 2.26 bits per heavy atom. The van der Waals surface area contributed by atoms with E-state index in [1.165, 1.54) is 18.3 Å². The first-order valence-electron chi connectivity index (χ1n) is 6.64. The van der Waals surface area contributed by atoms with Gasteiger partial charge in [0.25, 0.3) is 5.91 Å². The van der Waals surface area contributed by atoms with Crippen molar-refractivity contribution in [2.24, 2.45) is 5.73 Å². The molecule has 0 aliphatic carbocycles. The minimum atomic E-state index is -0.870. The molecule has 0 saturated heterocycles. The van der Waals surface area contributed by atoms with E-state index in [0.717, 1.165) is 6.07 Å². The number of rotatable bonds is 2. The summed E-state index contributed by atoms with van der Waals surface area (Å²) in [5, 5.41) is 19.1. The van der Waals surface area contributed by atoms with Gasteiger partial charge in [0.2, 0.25) is 0 Å². The zero-order valence-electron chi connectivity index (χ0n) is 11.7. The number of aromatic nitrogens is 1. The lowest BCUT2D eigenvalue weighted by molar-refractivity contribution is -0.125. The highest BCUT2D eigenvalue weighted by Crippen LogP contribution is 2.30. The molecule has 2 aromatic rings. The molecule has 1 amide bonds. The number of ether oxygens (including phenoxy) is 1. The second-order valence-corrected chi connectivity index (χ2v) is 4.97. The van der Waals surface area contributed by atoms with E-state index >= 15 is 0 Å². The molecule has 23 heavy (non-hydrogen) atoms. The summed E-state index contributed by atoms with van der Waals surface area (Å²) in [6.07, 6.45) is 1.49. The number of nitrogens with zero attached hydrogens (tertiary/aromatic N) is 3. The van der Waals surface area contributed by atoms with Crippen LogP contribution in [0.2, 0.25) is 0 Å². The Labute approximate surface area is 130 Å². The van der Waals surface area contributed by atoms with Crippen molar-refractivity contribution < 1.29 is 19.1 Å². The van der Waals surface area contributed by atoms with Gasteiger partial charge in [0.05, 0.1) is 17.8 Å². The summed E-state index contributed by atoms with van der Waals surface area (Å²) >= 11 is 0. The topological polar surface area (TPSA) is 112 Å². The molecule has 0 bridgehead atoms. The summed E-state index contributed by atoms with van der Waals surface area (Å²) in [6.45, 7) is 0. The smallest absolute Gasteiger partial charge is 0.269 e. The molecular formula is C15H11FN4O3. The highest BCUT2D eigenvalue weighted by Gasteiger charge is 2.31. The molecule has 1 aliphatic rings. The minimum absolute atomic E-state index is 0.0402. The number of carbonyl (C=O) groups excluding carboxylic acids is 1. The summed E-state index contributed by atoms with van der Waals surface area (Å²) in [6, 6.07) is 6.10. The maximum Gasteiger partial charge on any atom is 0.269 e. The average molecular weight is 314 g/mol. The van der Waals surface area contributed by atoms with E-state index in [4.69, 9.17) is 15.7 Å². The third-order valence-electron chi connectivity index (χ3n) is 3.37. The number of carbonyl (C=O) groups is 1. The Bertz CT molecular complexity index is 834. The number of hydrogen-bond donors (Lipinski definition) is 2. The molecule has 7 nitrogen and oxygen atoms in total. The monoisotopic (exact) mass is 314 g/mol. The third kappa shape index (κ3) is 2.70. The van der Waals surface area contributed by atoms with E-state index in [-0.39, 0.29) is 29.3 Å².